The van der Waals surface area contributed by atoms with E-state index in [0.29, 0.717) is 12.1 Å². The highest BCUT2D eigenvalue weighted by Gasteiger charge is 2.13. The van der Waals surface area contributed by atoms with Crippen LogP contribution in [0.25, 0.3) is 0 Å². The Labute approximate surface area is 157 Å². The molecule has 3 aromatic rings. The van der Waals surface area contributed by atoms with Crippen LogP contribution in [0.5, 0.6) is 0 Å². The number of pyridine rings is 2. The molecule has 0 aliphatic heterocycles. The third-order valence-electron chi connectivity index (χ3n) is 4.05. The van der Waals surface area contributed by atoms with Crippen LogP contribution in [0.1, 0.15) is 37.7 Å². The maximum absolute atomic E-state index is 12.5. The Morgan fingerprint density at radius 3 is 2.56 bits per heavy atom. The van der Waals surface area contributed by atoms with Crippen molar-refractivity contribution in [1.82, 2.24) is 15.3 Å². The number of aromatic nitrogens is 2. The minimum Gasteiger partial charge on any atom is -0.346 e. The molecule has 3 rings (SSSR count). The van der Waals surface area contributed by atoms with Gasteiger partial charge < -0.3 is 10.6 Å². The predicted molar refractivity (Wildman–Crippen MR) is 104 cm³/mol. The van der Waals surface area contributed by atoms with Gasteiger partial charge in [-0.25, -0.2) is 0 Å². The lowest BCUT2D eigenvalue weighted by molar-refractivity contribution is 0.0950. The number of rotatable bonds is 5. The Morgan fingerprint density at radius 1 is 0.926 bits per heavy atom. The molecule has 1 aromatic carbocycles. The van der Waals surface area contributed by atoms with Crippen molar-refractivity contribution in [3.8, 4) is 0 Å². The first-order valence-electron chi connectivity index (χ1n) is 8.56. The molecule has 2 N–H and O–H groups in total. The standard InChI is InChI=1S/C21H20N4O2/c1-14-6-7-15(2)18(11-14)25-21(27)19-12-16(8-10-23-19)20(26)24-13-17-5-3-4-9-22-17/h3-12H,13H2,1-2H3,(H,24,26)(H,25,27). The average molecular weight is 360 g/mol. The molecule has 0 atom stereocenters. The molecule has 0 bridgehead atoms. The number of carbonyl (C=O) groups is 2. The third kappa shape index (κ3) is 4.76. The van der Waals surface area contributed by atoms with Crippen molar-refractivity contribution in [2.75, 3.05) is 5.32 Å². The van der Waals surface area contributed by atoms with E-state index < -0.39 is 0 Å². The van der Waals surface area contributed by atoms with Gasteiger partial charge in [0, 0.05) is 23.6 Å². The average Bonchev–Trinajstić information content (AvgIpc) is 2.69. The Bertz CT molecular complexity index is 971. The number of aryl methyl sites for hydroxylation is 2. The second-order valence-corrected chi connectivity index (χ2v) is 6.21. The lowest BCUT2D eigenvalue weighted by Crippen LogP contribution is -2.24. The topological polar surface area (TPSA) is 84.0 Å². The van der Waals surface area contributed by atoms with Crippen molar-refractivity contribution < 1.29 is 9.59 Å². The van der Waals surface area contributed by atoms with Gasteiger partial charge >= 0.3 is 0 Å². The van der Waals surface area contributed by atoms with E-state index in [1.807, 2.05) is 50.2 Å². The molecular weight excluding hydrogens is 340 g/mol. The molecule has 136 valence electrons. The van der Waals surface area contributed by atoms with Crippen molar-refractivity contribution >= 4 is 17.5 Å². The fourth-order valence-corrected chi connectivity index (χ4v) is 2.53. The highest BCUT2D eigenvalue weighted by molar-refractivity contribution is 6.05. The minimum absolute atomic E-state index is 0.182. The first-order valence-corrected chi connectivity index (χ1v) is 8.56. The van der Waals surface area contributed by atoms with Crippen LogP contribution in [-0.2, 0) is 6.54 Å². The second-order valence-electron chi connectivity index (χ2n) is 6.21. The summed E-state index contributed by atoms with van der Waals surface area (Å²) in [6, 6.07) is 14.4. The number of anilines is 1. The van der Waals surface area contributed by atoms with Crippen LogP contribution in [0.15, 0.2) is 60.9 Å². The normalized spacial score (nSPS) is 10.3. The van der Waals surface area contributed by atoms with Gasteiger partial charge in [-0.05, 0) is 55.3 Å². The van der Waals surface area contributed by atoms with Crippen molar-refractivity contribution in [3.63, 3.8) is 0 Å². The van der Waals surface area contributed by atoms with E-state index in [1.54, 1.807) is 12.3 Å². The molecule has 6 heteroatoms. The van der Waals surface area contributed by atoms with Crippen LogP contribution in [0.3, 0.4) is 0 Å². The zero-order chi connectivity index (χ0) is 19.2. The van der Waals surface area contributed by atoms with Crippen LogP contribution in [0.2, 0.25) is 0 Å². The lowest BCUT2D eigenvalue weighted by atomic mass is 10.1. The third-order valence-corrected chi connectivity index (χ3v) is 4.05. The number of amides is 2. The molecule has 0 aliphatic rings. The van der Waals surface area contributed by atoms with Crippen molar-refractivity contribution in [2.24, 2.45) is 0 Å². The van der Waals surface area contributed by atoms with E-state index in [0.717, 1.165) is 22.5 Å². The Hall–Kier alpha value is -3.54. The zero-order valence-corrected chi connectivity index (χ0v) is 15.2. The van der Waals surface area contributed by atoms with Crippen molar-refractivity contribution in [3.05, 3.63) is 89.0 Å². The summed E-state index contributed by atoms with van der Waals surface area (Å²) < 4.78 is 0. The molecule has 2 amide bonds. The van der Waals surface area contributed by atoms with Crippen LogP contribution in [-0.4, -0.2) is 21.8 Å². The SMILES string of the molecule is Cc1ccc(C)c(NC(=O)c2cc(C(=O)NCc3ccccn3)ccn2)c1. The maximum Gasteiger partial charge on any atom is 0.274 e. The van der Waals surface area contributed by atoms with E-state index in [1.165, 1.54) is 12.3 Å². The highest BCUT2D eigenvalue weighted by atomic mass is 16.2. The molecule has 0 aliphatic carbocycles. The molecule has 0 spiro atoms. The van der Waals surface area contributed by atoms with Gasteiger partial charge in [-0.3, -0.25) is 19.6 Å². The van der Waals surface area contributed by atoms with E-state index in [2.05, 4.69) is 20.6 Å². The Morgan fingerprint density at radius 2 is 1.78 bits per heavy atom. The Kier molecular flexibility index (Phi) is 5.56. The Balaban J connectivity index is 1.69. The lowest BCUT2D eigenvalue weighted by Gasteiger charge is -2.10. The second kappa shape index (κ2) is 8.23. The molecule has 2 aromatic heterocycles. The number of hydrogen-bond acceptors (Lipinski definition) is 4. The van der Waals surface area contributed by atoms with Gasteiger partial charge in [0.05, 0.1) is 12.2 Å². The summed E-state index contributed by atoms with van der Waals surface area (Å²) in [5, 5.41) is 5.63. The molecule has 0 fully saturated rings. The van der Waals surface area contributed by atoms with Gasteiger partial charge in [0.2, 0.25) is 0 Å². The van der Waals surface area contributed by atoms with Crippen LogP contribution < -0.4 is 10.6 Å². The largest absolute Gasteiger partial charge is 0.346 e. The van der Waals surface area contributed by atoms with Gasteiger partial charge in [-0.1, -0.05) is 18.2 Å². The van der Waals surface area contributed by atoms with E-state index >= 15 is 0 Å². The van der Waals surface area contributed by atoms with Gasteiger partial charge in [0.15, 0.2) is 0 Å². The summed E-state index contributed by atoms with van der Waals surface area (Å²) in [6.45, 7) is 4.19. The van der Waals surface area contributed by atoms with E-state index in [9.17, 15) is 9.59 Å². The van der Waals surface area contributed by atoms with Gasteiger partial charge in [-0.2, -0.15) is 0 Å². The predicted octanol–water partition coefficient (Wildman–Crippen LogP) is 3.28. The first kappa shape index (κ1) is 18.3. The van der Waals surface area contributed by atoms with Crippen LogP contribution in [0, 0.1) is 13.8 Å². The van der Waals surface area contributed by atoms with Gasteiger partial charge in [0.25, 0.3) is 11.8 Å². The number of benzene rings is 1. The zero-order valence-electron chi connectivity index (χ0n) is 15.2. The molecule has 6 nitrogen and oxygen atoms in total. The highest BCUT2D eigenvalue weighted by Crippen LogP contribution is 2.17. The summed E-state index contributed by atoms with van der Waals surface area (Å²) in [6.07, 6.45) is 3.12. The summed E-state index contributed by atoms with van der Waals surface area (Å²) >= 11 is 0. The number of carbonyl (C=O) groups excluding carboxylic acids is 2. The number of nitrogens with zero attached hydrogens (tertiary/aromatic N) is 2. The molecule has 27 heavy (non-hydrogen) atoms. The molecule has 0 saturated carbocycles. The quantitative estimate of drug-likeness (QED) is 0.731. The van der Waals surface area contributed by atoms with E-state index in [4.69, 9.17) is 0 Å². The maximum atomic E-state index is 12.5. The molecular formula is C21H20N4O2. The van der Waals surface area contributed by atoms with Gasteiger partial charge in [0.1, 0.15) is 5.69 Å². The van der Waals surface area contributed by atoms with E-state index in [-0.39, 0.29) is 17.5 Å². The smallest absolute Gasteiger partial charge is 0.274 e. The van der Waals surface area contributed by atoms with Crippen molar-refractivity contribution in [1.29, 1.82) is 0 Å². The fourth-order valence-electron chi connectivity index (χ4n) is 2.53. The summed E-state index contributed by atoms with van der Waals surface area (Å²) in [4.78, 5) is 33.1. The number of nitrogens with one attached hydrogen (secondary N) is 2. The summed E-state index contributed by atoms with van der Waals surface area (Å²) in [5.41, 5.74) is 4.04. The van der Waals surface area contributed by atoms with Crippen LogP contribution >= 0.6 is 0 Å². The molecule has 2 heterocycles. The summed E-state index contributed by atoms with van der Waals surface area (Å²) in [7, 11) is 0. The molecule has 0 unspecified atom stereocenters. The first-order chi connectivity index (χ1) is 13.0. The minimum atomic E-state index is -0.358. The van der Waals surface area contributed by atoms with Gasteiger partial charge in [-0.15, -0.1) is 0 Å². The number of hydrogen-bond donors (Lipinski definition) is 2. The molecule has 0 radical (unpaired) electrons. The van der Waals surface area contributed by atoms with Crippen LogP contribution in [0.4, 0.5) is 5.69 Å². The molecule has 0 saturated heterocycles. The van der Waals surface area contributed by atoms with Crippen molar-refractivity contribution in [2.45, 2.75) is 20.4 Å². The monoisotopic (exact) mass is 360 g/mol. The summed E-state index contributed by atoms with van der Waals surface area (Å²) in [5.74, 6) is -0.646. The fraction of sp³-hybridized carbons (Fsp3) is 0.143.